The first-order chi connectivity index (χ1) is 12.3. The van der Waals surface area contributed by atoms with E-state index in [1.165, 1.54) is 25.3 Å². The normalized spacial score (nSPS) is 13.0. The number of carbonyl (C=O) groups excluding carboxylic acids is 3. The molecule has 2 atom stereocenters. The zero-order valence-corrected chi connectivity index (χ0v) is 14.4. The van der Waals surface area contributed by atoms with Crippen LogP contribution in [0.4, 0.5) is 0 Å². The molecule has 10 nitrogen and oxygen atoms in total. The molecule has 1 aromatic rings. The molecule has 2 amide bonds. The molecular weight excluding hydrogens is 342 g/mol. The van der Waals surface area contributed by atoms with Gasteiger partial charge in [0.15, 0.2) is 0 Å². The average Bonchev–Trinajstić information content (AvgIpc) is 3.08. The largest absolute Gasteiger partial charge is 0.548 e. The molecule has 0 saturated heterocycles. The van der Waals surface area contributed by atoms with Gasteiger partial charge in [0.25, 0.3) is 0 Å². The van der Waals surface area contributed by atoms with Crippen molar-refractivity contribution in [2.75, 3.05) is 6.54 Å². The van der Waals surface area contributed by atoms with Gasteiger partial charge in [-0.05, 0) is 38.0 Å². The molecule has 7 N–H and O–H groups in total. The second-order valence-electron chi connectivity index (χ2n) is 5.48. The number of hydrogen-bond donors (Lipinski definition) is 5. The van der Waals surface area contributed by atoms with Crippen LogP contribution in [0.3, 0.4) is 0 Å². The molecule has 10 heteroatoms. The number of carbonyl (C=O) groups is 3. The van der Waals surface area contributed by atoms with Crippen molar-refractivity contribution in [2.24, 2.45) is 11.5 Å². The molecule has 0 radical (unpaired) electrons. The van der Waals surface area contributed by atoms with Crippen molar-refractivity contribution in [2.45, 2.75) is 31.8 Å². The first-order valence-corrected chi connectivity index (χ1v) is 7.94. The van der Waals surface area contributed by atoms with Gasteiger partial charge < -0.3 is 25.0 Å². The van der Waals surface area contributed by atoms with Crippen LogP contribution in [0.15, 0.2) is 28.9 Å². The molecule has 0 aromatic carbocycles. The van der Waals surface area contributed by atoms with Crippen molar-refractivity contribution >= 4 is 29.8 Å². The minimum absolute atomic E-state index is 0.0259. The van der Waals surface area contributed by atoms with Crippen molar-refractivity contribution in [3.8, 4) is 0 Å². The third-order valence-corrected chi connectivity index (χ3v) is 3.29. The van der Waals surface area contributed by atoms with Crippen LogP contribution in [0, 0.1) is 0 Å². The number of carboxylic acid groups (broad SMARTS) is 1. The van der Waals surface area contributed by atoms with Crippen molar-refractivity contribution in [3.63, 3.8) is 0 Å². The van der Waals surface area contributed by atoms with Gasteiger partial charge in [0.2, 0.25) is 11.8 Å². The van der Waals surface area contributed by atoms with Crippen LogP contribution in [0.2, 0.25) is 0 Å². The van der Waals surface area contributed by atoms with Crippen LogP contribution in [0.1, 0.15) is 25.5 Å². The number of amides is 2. The van der Waals surface area contributed by atoms with E-state index in [1.54, 1.807) is 12.1 Å². The molecule has 1 rings (SSSR count). The van der Waals surface area contributed by atoms with Gasteiger partial charge in [-0.1, -0.05) is 0 Å². The summed E-state index contributed by atoms with van der Waals surface area (Å²) < 4.78 is 5.04. The summed E-state index contributed by atoms with van der Waals surface area (Å²) in [6.07, 6.45) is 4.62. The van der Waals surface area contributed by atoms with Crippen LogP contribution in [0.25, 0.3) is 6.08 Å². The number of rotatable bonds is 10. The maximum atomic E-state index is 12.0. The Labute approximate surface area is 150 Å². The quantitative estimate of drug-likeness (QED) is 0.122. The lowest BCUT2D eigenvalue weighted by atomic mass is 10.1. The standard InChI is InChI=1S/C16H23N5O5/c1-10(20-13(22)7-6-11-4-3-9-26-11)14(23)21-12(15(24)25)5-2-8-19-16(17)18/h3-4,6-7,9-10,12H,2,5,8H2,1H3,(H,20,22)(H,21,23)(H,24,25)(H4,17,18,19)/b7-6+/t10-,12-/m0/s1. The Morgan fingerprint density at radius 2 is 2.08 bits per heavy atom. The maximum Gasteiger partial charge on any atom is 0.338 e. The van der Waals surface area contributed by atoms with E-state index in [0.29, 0.717) is 18.7 Å². The van der Waals surface area contributed by atoms with E-state index in [2.05, 4.69) is 15.6 Å². The predicted molar refractivity (Wildman–Crippen MR) is 90.7 cm³/mol. The minimum atomic E-state index is -1.42. The number of aliphatic carboxylic acids is 1. The van der Waals surface area contributed by atoms with Crippen molar-refractivity contribution < 1.29 is 28.9 Å². The lowest BCUT2D eigenvalue weighted by Gasteiger charge is -2.21. The Balaban J connectivity index is 2.47. The van der Waals surface area contributed by atoms with Crippen LogP contribution in [-0.4, -0.2) is 42.4 Å². The van der Waals surface area contributed by atoms with E-state index < -0.39 is 29.9 Å². The molecule has 1 heterocycles. The summed E-state index contributed by atoms with van der Waals surface area (Å²) in [5.41, 5.74) is 10.4. The topological polar surface area (TPSA) is 177 Å². The molecule has 0 aliphatic carbocycles. The average molecular weight is 365 g/mol. The molecule has 1 aromatic heterocycles. The van der Waals surface area contributed by atoms with Gasteiger partial charge in [-0.15, -0.1) is 0 Å². The highest BCUT2D eigenvalue weighted by Crippen LogP contribution is 2.02. The lowest BCUT2D eigenvalue weighted by Crippen LogP contribution is -2.78. The van der Waals surface area contributed by atoms with E-state index in [0.717, 1.165) is 0 Å². The maximum absolute atomic E-state index is 12.0. The van der Waals surface area contributed by atoms with Gasteiger partial charge in [0.05, 0.1) is 24.8 Å². The predicted octanol–water partition coefficient (Wildman–Crippen LogP) is -3.83. The van der Waals surface area contributed by atoms with Crippen molar-refractivity contribution in [1.29, 1.82) is 0 Å². The van der Waals surface area contributed by atoms with Gasteiger partial charge in [0, 0.05) is 6.08 Å². The number of carboxylic acids is 1. The summed E-state index contributed by atoms with van der Waals surface area (Å²) in [5, 5.41) is 15.9. The fourth-order valence-corrected chi connectivity index (χ4v) is 1.96. The molecule has 142 valence electrons. The van der Waals surface area contributed by atoms with Crippen molar-refractivity contribution in [1.82, 2.24) is 10.6 Å². The van der Waals surface area contributed by atoms with Crippen molar-refractivity contribution in [3.05, 3.63) is 30.2 Å². The van der Waals surface area contributed by atoms with E-state index in [1.807, 2.05) is 0 Å². The van der Waals surface area contributed by atoms with E-state index >= 15 is 0 Å². The minimum Gasteiger partial charge on any atom is -0.548 e. The monoisotopic (exact) mass is 365 g/mol. The van der Waals surface area contributed by atoms with Gasteiger partial charge in [-0.25, -0.2) is 0 Å². The summed E-state index contributed by atoms with van der Waals surface area (Å²) in [7, 11) is 0. The van der Waals surface area contributed by atoms with Gasteiger partial charge >= 0.3 is 5.96 Å². The second kappa shape index (κ2) is 10.5. The number of nitrogens with one attached hydrogen (secondary N) is 3. The number of guanidine groups is 1. The molecular formula is C16H23N5O5. The number of nitrogens with two attached hydrogens (primary N) is 2. The zero-order valence-electron chi connectivity index (χ0n) is 14.4. The summed E-state index contributed by atoms with van der Waals surface area (Å²) >= 11 is 0. The Kier molecular flexibility index (Phi) is 8.41. The van der Waals surface area contributed by atoms with E-state index in [-0.39, 0.29) is 12.4 Å². The SMILES string of the molecule is C[C@H](NC(=O)/C=C/c1ccco1)C(=O)N[C@@H](CCC[NH+]=C(N)N)C(=O)[O-]. The van der Waals surface area contributed by atoms with Crippen LogP contribution in [-0.2, 0) is 14.4 Å². The van der Waals surface area contributed by atoms with Crippen LogP contribution >= 0.6 is 0 Å². The summed E-state index contributed by atoms with van der Waals surface area (Å²) in [4.78, 5) is 37.6. The first kappa shape index (κ1) is 20.7. The highest BCUT2D eigenvalue weighted by molar-refractivity contribution is 5.95. The summed E-state index contributed by atoms with van der Waals surface area (Å²) in [6, 6.07) is 1.20. The number of hydrogen-bond acceptors (Lipinski definition) is 5. The molecule has 0 unspecified atom stereocenters. The Morgan fingerprint density at radius 3 is 2.65 bits per heavy atom. The summed E-state index contributed by atoms with van der Waals surface area (Å²) in [6.45, 7) is 1.79. The van der Waals surface area contributed by atoms with Crippen LogP contribution in [0.5, 0.6) is 0 Å². The Bertz CT molecular complexity index is 665. The van der Waals surface area contributed by atoms with E-state index in [4.69, 9.17) is 15.9 Å². The second-order valence-corrected chi connectivity index (χ2v) is 5.48. The Morgan fingerprint density at radius 1 is 1.35 bits per heavy atom. The first-order valence-electron chi connectivity index (χ1n) is 7.94. The fourth-order valence-electron chi connectivity index (χ4n) is 1.96. The lowest BCUT2D eigenvalue weighted by molar-refractivity contribution is -0.459. The highest BCUT2D eigenvalue weighted by Gasteiger charge is 2.19. The van der Waals surface area contributed by atoms with Crippen LogP contribution < -0.4 is 32.2 Å². The third-order valence-electron chi connectivity index (χ3n) is 3.29. The molecule has 0 fully saturated rings. The number of furan rings is 1. The van der Waals surface area contributed by atoms with Gasteiger partial charge in [-0.2, -0.15) is 0 Å². The molecule has 0 aliphatic rings. The zero-order chi connectivity index (χ0) is 19.5. The third kappa shape index (κ3) is 7.99. The molecule has 0 aliphatic heterocycles. The highest BCUT2D eigenvalue weighted by atomic mass is 16.4. The fraction of sp³-hybridized carbons (Fsp3) is 0.375. The molecule has 0 spiro atoms. The van der Waals surface area contributed by atoms with E-state index in [9.17, 15) is 19.5 Å². The smallest absolute Gasteiger partial charge is 0.338 e. The van der Waals surface area contributed by atoms with Gasteiger partial charge in [0.1, 0.15) is 11.8 Å². The molecule has 0 bridgehead atoms. The van der Waals surface area contributed by atoms with Gasteiger partial charge in [-0.3, -0.25) is 26.0 Å². The molecule has 26 heavy (non-hydrogen) atoms. The molecule has 0 saturated carbocycles. The summed E-state index contributed by atoms with van der Waals surface area (Å²) in [5.74, 6) is -2.07. The Hall–Kier alpha value is -3.30.